The van der Waals surface area contributed by atoms with Gasteiger partial charge in [0.05, 0.1) is 11.1 Å². The Kier molecular flexibility index (Phi) is 5.38. The van der Waals surface area contributed by atoms with Crippen LogP contribution >= 0.6 is 34.8 Å². The maximum absolute atomic E-state index is 13.4. The molecule has 2 aromatic carbocycles. The first-order valence-electron chi connectivity index (χ1n) is 9.37. The molecule has 32 heavy (non-hydrogen) atoms. The molecule has 10 heteroatoms. The summed E-state index contributed by atoms with van der Waals surface area (Å²) in [6, 6.07) is 14.2. The summed E-state index contributed by atoms with van der Waals surface area (Å²) < 4.78 is 7.41. The summed E-state index contributed by atoms with van der Waals surface area (Å²) in [4.78, 5) is 21.3. The van der Waals surface area contributed by atoms with Crippen LogP contribution in [0, 0.1) is 0 Å². The van der Waals surface area contributed by atoms with Gasteiger partial charge in [0.1, 0.15) is 17.2 Å². The molecule has 0 amide bonds. The van der Waals surface area contributed by atoms with E-state index in [1.807, 2.05) is 22.8 Å². The molecular formula is C22H12Cl3N5O2. The van der Waals surface area contributed by atoms with Crippen LogP contribution < -0.4 is 0 Å². The molecule has 3 aromatic heterocycles. The van der Waals surface area contributed by atoms with E-state index in [4.69, 9.17) is 39.2 Å². The smallest absolute Gasteiger partial charge is 0.289 e. The first kappa shape index (κ1) is 20.6. The highest BCUT2D eigenvalue weighted by Gasteiger charge is 2.27. The molecule has 5 aromatic rings. The molecule has 0 atom stereocenters. The lowest BCUT2D eigenvalue weighted by atomic mass is 10.1. The minimum atomic E-state index is -0.509. The lowest BCUT2D eigenvalue weighted by Crippen LogP contribution is -2.04. The van der Waals surface area contributed by atoms with E-state index < -0.39 is 5.78 Å². The van der Waals surface area contributed by atoms with Crippen LogP contribution in [0.3, 0.4) is 0 Å². The van der Waals surface area contributed by atoms with E-state index in [2.05, 4.69) is 20.2 Å². The van der Waals surface area contributed by atoms with Gasteiger partial charge < -0.3 is 8.98 Å². The Morgan fingerprint density at radius 2 is 1.75 bits per heavy atom. The normalized spacial score (nSPS) is 11.2. The van der Waals surface area contributed by atoms with E-state index in [-0.39, 0.29) is 22.5 Å². The predicted molar refractivity (Wildman–Crippen MR) is 121 cm³/mol. The second kappa shape index (κ2) is 8.35. The van der Waals surface area contributed by atoms with Crippen molar-refractivity contribution in [3.63, 3.8) is 0 Å². The van der Waals surface area contributed by atoms with E-state index in [0.717, 1.165) is 11.1 Å². The molecule has 0 N–H and O–H groups in total. The van der Waals surface area contributed by atoms with Crippen molar-refractivity contribution in [2.45, 2.75) is 6.54 Å². The van der Waals surface area contributed by atoms with Gasteiger partial charge in [-0.1, -0.05) is 46.9 Å². The van der Waals surface area contributed by atoms with E-state index in [9.17, 15) is 4.79 Å². The number of hydrogen-bond donors (Lipinski definition) is 0. The van der Waals surface area contributed by atoms with Gasteiger partial charge in [-0.3, -0.25) is 4.79 Å². The second-order valence-corrected chi connectivity index (χ2v) is 8.11. The number of hydrogen-bond acceptors (Lipinski definition) is 6. The third-order valence-corrected chi connectivity index (χ3v) is 5.74. The highest BCUT2D eigenvalue weighted by Crippen LogP contribution is 2.34. The summed E-state index contributed by atoms with van der Waals surface area (Å²) in [6.45, 7) is 0.428. The third kappa shape index (κ3) is 3.75. The average Bonchev–Trinajstić information content (AvgIpc) is 3.39. The number of fused-ring (bicyclic) bond motifs is 1. The first-order chi connectivity index (χ1) is 15.5. The molecule has 0 bridgehead atoms. The van der Waals surface area contributed by atoms with Gasteiger partial charge in [0, 0.05) is 28.2 Å². The van der Waals surface area contributed by atoms with Crippen LogP contribution in [0.1, 0.15) is 21.8 Å². The minimum Gasteiger partial charge on any atom is -0.412 e. The number of aromatic nitrogens is 5. The minimum absolute atomic E-state index is 0.106. The highest BCUT2D eigenvalue weighted by molar-refractivity contribution is 6.37. The van der Waals surface area contributed by atoms with Gasteiger partial charge in [-0.25, -0.2) is 9.97 Å². The Morgan fingerprint density at radius 3 is 2.50 bits per heavy atom. The van der Waals surface area contributed by atoms with Crippen LogP contribution in [0.25, 0.3) is 22.5 Å². The van der Waals surface area contributed by atoms with Gasteiger partial charge in [0.25, 0.3) is 17.6 Å². The molecule has 0 aliphatic carbocycles. The summed E-state index contributed by atoms with van der Waals surface area (Å²) in [5.74, 6) is -0.606. The van der Waals surface area contributed by atoms with Crippen molar-refractivity contribution >= 4 is 51.5 Å². The van der Waals surface area contributed by atoms with Crippen LogP contribution in [0.15, 0.2) is 65.5 Å². The lowest BCUT2D eigenvalue weighted by molar-refractivity contribution is 0.100. The van der Waals surface area contributed by atoms with Gasteiger partial charge in [-0.2, -0.15) is 0 Å². The Hall–Kier alpha value is -3.26. The second-order valence-electron chi connectivity index (χ2n) is 6.88. The molecule has 158 valence electrons. The van der Waals surface area contributed by atoms with E-state index >= 15 is 0 Å². The monoisotopic (exact) mass is 483 g/mol. The Balaban J connectivity index is 1.60. The fourth-order valence-electron chi connectivity index (χ4n) is 3.38. The van der Waals surface area contributed by atoms with E-state index in [1.54, 1.807) is 30.3 Å². The topological polar surface area (TPSA) is 86.7 Å². The summed E-state index contributed by atoms with van der Waals surface area (Å²) in [6.07, 6.45) is 2.89. The van der Waals surface area contributed by atoms with Crippen LogP contribution in [0.2, 0.25) is 15.2 Å². The molecule has 0 saturated carbocycles. The van der Waals surface area contributed by atoms with Crippen molar-refractivity contribution in [3.05, 3.63) is 93.3 Å². The molecule has 5 rings (SSSR count). The number of carbonyl (C=O) groups excluding carboxylic acids is 1. The highest BCUT2D eigenvalue weighted by atomic mass is 35.5. The zero-order valence-electron chi connectivity index (χ0n) is 16.2. The van der Waals surface area contributed by atoms with Gasteiger partial charge >= 0.3 is 0 Å². The van der Waals surface area contributed by atoms with Crippen molar-refractivity contribution < 1.29 is 9.21 Å². The Morgan fingerprint density at radius 1 is 0.969 bits per heavy atom. The van der Waals surface area contributed by atoms with Crippen molar-refractivity contribution in [1.29, 1.82) is 0 Å². The molecule has 0 saturated heterocycles. The number of benzene rings is 2. The average molecular weight is 485 g/mol. The van der Waals surface area contributed by atoms with Crippen LogP contribution in [-0.4, -0.2) is 30.5 Å². The van der Waals surface area contributed by atoms with Gasteiger partial charge in [0.15, 0.2) is 0 Å². The maximum atomic E-state index is 13.4. The summed E-state index contributed by atoms with van der Waals surface area (Å²) in [5, 5.41) is 9.76. The Labute approximate surface area is 196 Å². The van der Waals surface area contributed by atoms with Gasteiger partial charge in [-0.05, 0) is 42.0 Å². The zero-order valence-corrected chi connectivity index (χ0v) is 18.4. The summed E-state index contributed by atoms with van der Waals surface area (Å²) >= 11 is 18.9. The van der Waals surface area contributed by atoms with Crippen LogP contribution in [-0.2, 0) is 6.54 Å². The molecule has 0 unspecified atom stereocenters. The fraction of sp³-hybridized carbons (Fsp3) is 0.0455. The molecular weight excluding hydrogens is 473 g/mol. The molecule has 0 aliphatic heterocycles. The molecule has 0 fully saturated rings. The van der Waals surface area contributed by atoms with E-state index in [1.165, 1.54) is 12.5 Å². The zero-order chi connectivity index (χ0) is 22.2. The number of halogens is 3. The first-order valence-corrected chi connectivity index (χ1v) is 10.5. The lowest BCUT2D eigenvalue weighted by Gasteiger charge is -2.08. The number of carbonyl (C=O) groups is 1. The van der Waals surface area contributed by atoms with Crippen molar-refractivity contribution in [2.75, 3.05) is 0 Å². The number of ketones is 1. The number of rotatable bonds is 5. The van der Waals surface area contributed by atoms with E-state index in [0.29, 0.717) is 27.7 Å². The largest absolute Gasteiger partial charge is 0.412 e. The predicted octanol–water partition coefficient (Wildman–Crippen LogP) is 5.72. The molecule has 7 nitrogen and oxygen atoms in total. The van der Waals surface area contributed by atoms with Crippen LogP contribution in [0.5, 0.6) is 0 Å². The van der Waals surface area contributed by atoms with Crippen molar-refractivity contribution in [3.8, 4) is 11.6 Å². The summed E-state index contributed by atoms with van der Waals surface area (Å²) in [5.41, 5.74) is 2.35. The standard InChI is InChI=1S/C22H12Cl3N5O2/c23-13-3-1-12(2-4-13)10-30-17-6-5-14(24)9-15(17)18(20(30)25)19(31)22-29-28-21(32-22)16-7-8-26-11-27-16/h1-9,11H,10H2. The number of nitrogens with zero attached hydrogens (tertiary/aromatic N) is 5. The quantitative estimate of drug-likeness (QED) is 0.296. The van der Waals surface area contributed by atoms with Crippen molar-refractivity contribution in [2.24, 2.45) is 0 Å². The molecule has 3 heterocycles. The van der Waals surface area contributed by atoms with Crippen molar-refractivity contribution in [1.82, 2.24) is 24.7 Å². The van der Waals surface area contributed by atoms with Crippen LogP contribution in [0.4, 0.5) is 0 Å². The Bertz CT molecular complexity index is 1450. The molecule has 0 aliphatic rings. The van der Waals surface area contributed by atoms with Gasteiger partial charge in [0.2, 0.25) is 0 Å². The molecule has 0 radical (unpaired) electrons. The summed E-state index contributed by atoms with van der Waals surface area (Å²) in [7, 11) is 0. The SMILES string of the molecule is O=C(c1nnc(-c2ccncn2)o1)c1c(Cl)n(Cc2ccc(Cl)cc2)c2ccc(Cl)cc12. The maximum Gasteiger partial charge on any atom is 0.289 e. The fourth-order valence-corrected chi connectivity index (χ4v) is 4.02. The van der Waals surface area contributed by atoms with Gasteiger partial charge in [-0.15, -0.1) is 10.2 Å². The third-order valence-electron chi connectivity index (χ3n) is 4.86. The molecule has 0 spiro atoms.